The second kappa shape index (κ2) is 6.62. The summed E-state index contributed by atoms with van der Waals surface area (Å²) >= 11 is 0. The van der Waals surface area contributed by atoms with Crippen LogP contribution in [0.5, 0.6) is 0 Å². The average Bonchev–Trinajstić information content (AvgIpc) is 2.89. The van der Waals surface area contributed by atoms with Crippen LogP contribution in [0.3, 0.4) is 0 Å². The Hall–Kier alpha value is -2.66. The number of hydrogen-bond donors (Lipinski definition) is 2. The monoisotopic (exact) mass is 308 g/mol. The number of aromatic nitrogens is 2. The van der Waals surface area contributed by atoms with E-state index in [0.717, 1.165) is 22.4 Å². The molecule has 0 bridgehead atoms. The van der Waals surface area contributed by atoms with E-state index in [1.165, 1.54) is 0 Å². The zero-order chi connectivity index (χ0) is 16.2. The Balaban J connectivity index is 1.88. The summed E-state index contributed by atoms with van der Waals surface area (Å²) in [6, 6.07) is 15.7. The number of hydrogen-bond acceptors (Lipinski definition) is 3. The molecule has 0 radical (unpaired) electrons. The quantitative estimate of drug-likeness (QED) is 0.758. The Labute approximate surface area is 135 Å². The fraction of sp³-hybridized carbons (Fsp3) is 0.222. The van der Waals surface area contributed by atoms with Crippen molar-refractivity contribution in [1.82, 2.24) is 14.9 Å². The lowest BCUT2D eigenvalue weighted by Gasteiger charge is -2.09. The second-order valence-corrected chi connectivity index (χ2v) is 5.48. The van der Waals surface area contributed by atoms with E-state index in [4.69, 9.17) is 5.73 Å². The molecule has 0 unspecified atom stereocenters. The SMILES string of the molecule is Cc1nc2ccccc2n1Cc1cccc(C(=O)NCCN)c1. The van der Waals surface area contributed by atoms with E-state index in [0.29, 0.717) is 25.2 Å². The Kier molecular flexibility index (Phi) is 4.39. The summed E-state index contributed by atoms with van der Waals surface area (Å²) in [7, 11) is 0. The van der Waals surface area contributed by atoms with E-state index in [9.17, 15) is 4.79 Å². The van der Waals surface area contributed by atoms with E-state index in [-0.39, 0.29) is 5.91 Å². The van der Waals surface area contributed by atoms with E-state index < -0.39 is 0 Å². The van der Waals surface area contributed by atoms with Gasteiger partial charge in [0.1, 0.15) is 5.82 Å². The molecule has 5 heteroatoms. The lowest BCUT2D eigenvalue weighted by atomic mass is 10.1. The number of nitrogens with one attached hydrogen (secondary N) is 1. The van der Waals surface area contributed by atoms with Crippen LogP contribution < -0.4 is 11.1 Å². The van der Waals surface area contributed by atoms with Gasteiger partial charge in [-0.15, -0.1) is 0 Å². The average molecular weight is 308 g/mol. The van der Waals surface area contributed by atoms with E-state index in [1.807, 2.05) is 49.4 Å². The Bertz CT molecular complexity index is 838. The van der Waals surface area contributed by atoms with Gasteiger partial charge in [-0.2, -0.15) is 0 Å². The first-order valence-corrected chi connectivity index (χ1v) is 7.68. The molecule has 1 aromatic heterocycles. The minimum absolute atomic E-state index is 0.0930. The zero-order valence-electron chi connectivity index (χ0n) is 13.1. The van der Waals surface area contributed by atoms with Crippen molar-refractivity contribution in [3.8, 4) is 0 Å². The highest BCUT2D eigenvalue weighted by Crippen LogP contribution is 2.17. The Morgan fingerprint density at radius 3 is 2.87 bits per heavy atom. The molecule has 0 aliphatic heterocycles. The molecule has 2 aromatic carbocycles. The summed E-state index contributed by atoms with van der Waals surface area (Å²) in [6.07, 6.45) is 0. The largest absolute Gasteiger partial charge is 0.351 e. The number of carbonyl (C=O) groups excluding carboxylic acids is 1. The first kappa shape index (κ1) is 15.2. The van der Waals surface area contributed by atoms with Gasteiger partial charge in [-0.05, 0) is 36.8 Å². The predicted octanol–water partition coefficient (Wildman–Crippen LogP) is 2.08. The molecule has 0 saturated heterocycles. The fourth-order valence-corrected chi connectivity index (χ4v) is 2.68. The molecule has 23 heavy (non-hydrogen) atoms. The topological polar surface area (TPSA) is 72.9 Å². The molecule has 0 aliphatic rings. The summed E-state index contributed by atoms with van der Waals surface area (Å²) in [5.41, 5.74) is 9.22. The van der Waals surface area contributed by atoms with Gasteiger partial charge in [-0.25, -0.2) is 4.98 Å². The standard InChI is InChI=1S/C18H20N4O/c1-13-21-16-7-2-3-8-17(16)22(13)12-14-5-4-6-15(11-14)18(23)20-10-9-19/h2-8,11H,9-10,12,19H2,1H3,(H,20,23). The summed E-state index contributed by atoms with van der Waals surface area (Å²) in [4.78, 5) is 16.6. The molecule has 0 atom stereocenters. The number of imidazole rings is 1. The van der Waals surface area contributed by atoms with E-state index >= 15 is 0 Å². The maximum atomic E-state index is 12.1. The van der Waals surface area contributed by atoms with Gasteiger partial charge < -0.3 is 15.6 Å². The number of aryl methyl sites for hydroxylation is 1. The molecule has 0 saturated carbocycles. The van der Waals surface area contributed by atoms with Gasteiger partial charge in [0, 0.05) is 25.2 Å². The number of rotatable bonds is 5. The highest BCUT2D eigenvalue weighted by Gasteiger charge is 2.09. The van der Waals surface area contributed by atoms with Crippen LogP contribution >= 0.6 is 0 Å². The van der Waals surface area contributed by atoms with Crippen molar-refractivity contribution >= 4 is 16.9 Å². The highest BCUT2D eigenvalue weighted by atomic mass is 16.1. The molecule has 3 aromatic rings. The Morgan fingerprint density at radius 2 is 2.04 bits per heavy atom. The third kappa shape index (κ3) is 3.24. The van der Waals surface area contributed by atoms with Crippen molar-refractivity contribution in [3.63, 3.8) is 0 Å². The molecule has 3 N–H and O–H groups in total. The van der Waals surface area contributed by atoms with Crippen LogP contribution in [0.15, 0.2) is 48.5 Å². The number of benzene rings is 2. The van der Waals surface area contributed by atoms with Crippen LogP contribution in [-0.2, 0) is 6.54 Å². The first-order valence-electron chi connectivity index (χ1n) is 7.68. The van der Waals surface area contributed by atoms with Crippen molar-refractivity contribution in [2.45, 2.75) is 13.5 Å². The van der Waals surface area contributed by atoms with Crippen LogP contribution in [0.25, 0.3) is 11.0 Å². The Morgan fingerprint density at radius 1 is 1.22 bits per heavy atom. The molecule has 5 nitrogen and oxygen atoms in total. The van der Waals surface area contributed by atoms with Gasteiger partial charge in [-0.1, -0.05) is 24.3 Å². The summed E-state index contributed by atoms with van der Waals surface area (Å²) in [5, 5.41) is 2.79. The van der Waals surface area contributed by atoms with Crippen molar-refractivity contribution in [2.75, 3.05) is 13.1 Å². The lowest BCUT2D eigenvalue weighted by molar-refractivity contribution is 0.0954. The summed E-state index contributed by atoms with van der Waals surface area (Å²) < 4.78 is 2.16. The minimum atomic E-state index is -0.0930. The van der Waals surface area contributed by atoms with Crippen LogP contribution in [0.1, 0.15) is 21.7 Å². The number of nitrogens with two attached hydrogens (primary N) is 1. The van der Waals surface area contributed by atoms with E-state index in [2.05, 4.69) is 20.9 Å². The number of fused-ring (bicyclic) bond motifs is 1. The maximum absolute atomic E-state index is 12.1. The van der Waals surface area contributed by atoms with Crippen molar-refractivity contribution in [1.29, 1.82) is 0 Å². The normalized spacial score (nSPS) is 10.9. The molecule has 0 spiro atoms. The van der Waals surface area contributed by atoms with Crippen molar-refractivity contribution in [3.05, 3.63) is 65.5 Å². The third-order valence-electron chi connectivity index (χ3n) is 3.81. The van der Waals surface area contributed by atoms with Gasteiger partial charge >= 0.3 is 0 Å². The van der Waals surface area contributed by atoms with Gasteiger partial charge in [0.05, 0.1) is 11.0 Å². The lowest BCUT2D eigenvalue weighted by Crippen LogP contribution is -2.29. The zero-order valence-corrected chi connectivity index (χ0v) is 13.1. The van der Waals surface area contributed by atoms with Crippen LogP contribution in [0.2, 0.25) is 0 Å². The number of para-hydroxylation sites is 2. The fourth-order valence-electron chi connectivity index (χ4n) is 2.68. The number of carbonyl (C=O) groups is 1. The van der Waals surface area contributed by atoms with Gasteiger partial charge in [0.25, 0.3) is 5.91 Å². The summed E-state index contributed by atoms with van der Waals surface area (Å²) in [6.45, 7) is 3.60. The molecule has 1 amide bonds. The van der Waals surface area contributed by atoms with Crippen LogP contribution in [0, 0.1) is 6.92 Å². The van der Waals surface area contributed by atoms with Crippen molar-refractivity contribution in [2.24, 2.45) is 5.73 Å². The highest BCUT2D eigenvalue weighted by molar-refractivity contribution is 5.94. The molecule has 1 heterocycles. The molecule has 0 fully saturated rings. The molecule has 118 valence electrons. The van der Waals surface area contributed by atoms with Gasteiger partial charge in [0.15, 0.2) is 0 Å². The van der Waals surface area contributed by atoms with Crippen LogP contribution in [0.4, 0.5) is 0 Å². The van der Waals surface area contributed by atoms with Crippen LogP contribution in [-0.4, -0.2) is 28.5 Å². The first-order chi connectivity index (χ1) is 11.2. The van der Waals surface area contributed by atoms with Crippen molar-refractivity contribution < 1.29 is 4.79 Å². The van der Waals surface area contributed by atoms with Gasteiger partial charge in [0.2, 0.25) is 0 Å². The molecule has 3 rings (SSSR count). The predicted molar refractivity (Wildman–Crippen MR) is 91.4 cm³/mol. The number of amides is 1. The molecular formula is C18H20N4O. The minimum Gasteiger partial charge on any atom is -0.351 e. The summed E-state index contributed by atoms with van der Waals surface area (Å²) in [5.74, 6) is 0.869. The third-order valence-corrected chi connectivity index (χ3v) is 3.81. The maximum Gasteiger partial charge on any atom is 0.251 e. The molecular weight excluding hydrogens is 288 g/mol. The van der Waals surface area contributed by atoms with E-state index in [1.54, 1.807) is 0 Å². The second-order valence-electron chi connectivity index (χ2n) is 5.48. The smallest absolute Gasteiger partial charge is 0.251 e. The molecule has 0 aliphatic carbocycles. The van der Waals surface area contributed by atoms with Gasteiger partial charge in [-0.3, -0.25) is 4.79 Å². The number of nitrogens with zero attached hydrogens (tertiary/aromatic N) is 2.